The molecule has 3 rings (SSSR count). The van der Waals surface area contributed by atoms with E-state index in [2.05, 4.69) is 17.9 Å². The molecule has 1 aliphatic carbocycles. The second kappa shape index (κ2) is 5.16. The Hall–Kier alpha value is -1.02. The molecule has 1 saturated heterocycles. The second-order valence-corrected chi connectivity index (χ2v) is 6.51. The first-order valence-electron chi connectivity index (χ1n) is 7.74. The highest BCUT2D eigenvalue weighted by molar-refractivity contribution is 5.34. The highest BCUT2D eigenvalue weighted by Gasteiger charge is 2.40. The summed E-state index contributed by atoms with van der Waals surface area (Å²) in [5, 5.41) is 9.76. The Morgan fingerprint density at radius 1 is 1.37 bits per heavy atom. The maximum atomic E-state index is 9.76. The molecule has 2 heteroatoms. The molecular formula is C17H25NO. The highest BCUT2D eigenvalue weighted by Crippen LogP contribution is 2.41. The van der Waals surface area contributed by atoms with Crippen LogP contribution in [0.3, 0.4) is 0 Å². The average Bonchev–Trinajstić information content (AvgIpc) is 3.11. The SMILES string of the molecule is CCC[C@]1(c2cccc(O)c2)CCN(CC2CC2)C1. The lowest BCUT2D eigenvalue weighted by molar-refractivity contribution is 0.290. The Kier molecular flexibility index (Phi) is 3.53. The van der Waals surface area contributed by atoms with Crippen LogP contribution < -0.4 is 0 Å². The number of hydrogen-bond donors (Lipinski definition) is 1. The minimum Gasteiger partial charge on any atom is -0.508 e. The van der Waals surface area contributed by atoms with Crippen molar-refractivity contribution in [1.82, 2.24) is 4.90 Å². The molecule has 0 unspecified atom stereocenters. The van der Waals surface area contributed by atoms with E-state index < -0.39 is 0 Å². The molecule has 1 atom stereocenters. The van der Waals surface area contributed by atoms with Gasteiger partial charge in [-0.2, -0.15) is 0 Å². The van der Waals surface area contributed by atoms with E-state index in [0.29, 0.717) is 5.75 Å². The van der Waals surface area contributed by atoms with E-state index in [-0.39, 0.29) is 5.41 Å². The van der Waals surface area contributed by atoms with Gasteiger partial charge in [0.1, 0.15) is 5.75 Å². The fourth-order valence-electron chi connectivity index (χ4n) is 3.68. The fourth-order valence-corrected chi connectivity index (χ4v) is 3.68. The van der Waals surface area contributed by atoms with Gasteiger partial charge in [-0.1, -0.05) is 25.5 Å². The smallest absolute Gasteiger partial charge is 0.115 e. The van der Waals surface area contributed by atoms with Gasteiger partial charge in [0.2, 0.25) is 0 Å². The lowest BCUT2D eigenvalue weighted by Gasteiger charge is -2.30. The first kappa shape index (κ1) is 13.0. The Labute approximate surface area is 116 Å². The number of phenols is 1. The molecule has 0 amide bonds. The van der Waals surface area contributed by atoms with Crippen LogP contribution in [0.4, 0.5) is 0 Å². The van der Waals surface area contributed by atoms with Gasteiger partial charge in [0.15, 0.2) is 0 Å². The summed E-state index contributed by atoms with van der Waals surface area (Å²) in [6, 6.07) is 7.96. The molecule has 1 saturated carbocycles. The second-order valence-electron chi connectivity index (χ2n) is 6.51. The van der Waals surface area contributed by atoms with Crippen molar-refractivity contribution in [3.05, 3.63) is 29.8 Å². The lowest BCUT2D eigenvalue weighted by Crippen LogP contribution is -2.32. The van der Waals surface area contributed by atoms with Crippen LogP contribution in [0.15, 0.2) is 24.3 Å². The number of rotatable bonds is 5. The van der Waals surface area contributed by atoms with Crippen molar-refractivity contribution in [2.24, 2.45) is 5.92 Å². The molecule has 104 valence electrons. The maximum Gasteiger partial charge on any atom is 0.115 e. The Bertz CT molecular complexity index is 441. The summed E-state index contributed by atoms with van der Waals surface area (Å²) in [6.07, 6.45) is 6.56. The van der Waals surface area contributed by atoms with Gasteiger partial charge in [0.25, 0.3) is 0 Å². The van der Waals surface area contributed by atoms with Crippen LogP contribution in [-0.4, -0.2) is 29.6 Å². The van der Waals surface area contributed by atoms with E-state index in [1.54, 1.807) is 6.07 Å². The van der Waals surface area contributed by atoms with Gasteiger partial charge in [-0.05, 0) is 55.8 Å². The molecule has 0 radical (unpaired) electrons. The normalized spacial score (nSPS) is 27.8. The summed E-state index contributed by atoms with van der Waals surface area (Å²) >= 11 is 0. The summed E-state index contributed by atoms with van der Waals surface area (Å²) < 4.78 is 0. The quantitative estimate of drug-likeness (QED) is 0.874. The van der Waals surface area contributed by atoms with E-state index in [0.717, 1.165) is 5.92 Å². The number of aromatic hydroxyl groups is 1. The van der Waals surface area contributed by atoms with Crippen LogP contribution >= 0.6 is 0 Å². The monoisotopic (exact) mass is 259 g/mol. The zero-order valence-electron chi connectivity index (χ0n) is 11.9. The van der Waals surface area contributed by atoms with E-state index in [9.17, 15) is 5.11 Å². The van der Waals surface area contributed by atoms with Gasteiger partial charge in [0.05, 0.1) is 0 Å². The van der Waals surface area contributed by atoms with Crippen LogP contribution in [0.2, 0.25) is 0 Å². The van der Waals surface area contributed by atoms with Crippen LogP contribution in [0.25, 0.3) is 0 Å². The number of nitrogens with zero attached hydrogens (tertiary/aromatic N) is 1. The van der Waals surface area contributed by atoms with Crippen LogP contribution in [-0.2, 0) is 5.41 Å². The first-order valence-corrected chi connectivity index (χ1v) is 7.74. The minimum atomic E-state index is 0.280. The Morgan fingerprint density at radius 2 is 2.21 bits per heavy atom. The molecule has 0 aromatic heterocycles. The topological polar surface area (TPSA) is 23.5 Å². The predicted molar refractivity (Wildman–Crippen MR) is 78.5 cm³/mol. The van der Waals surface area contributed by atoms with Crippen molar-refractivity contribution in [2.75, 3.05) is 19.6 Å². The molecule has 1 aliphatic heterocycles. The average molecular weight is 259 g/mol. The molecule has 1 N–H and O–H groups in total. The molecule has 1 heterocycles. The largest absolute Gasteiger partial charge is 0.508 e. The van der Waals surface area contributed by atoms with Gasteiger partial charge < -0.3 is 10.0 Å². The van der Waals surface area contributed by atoms with Gasteiger partial charge >= 0.3 is 0 Å². The van der Waals surface area contributed by atoms with Gasteiger partial charge in [0, 0.05) is 18.5 Å². The lowest BCUT2D eigenvalue weighted by atomic mass is 9.76. The molecule has 2 fully saturated rings. The molecule has 2 nitrogen and oxygen atoms in total. The summed E-state index contributed by atoms with van der Waals surface area (Å²) in [4.78, 5) is 2.65. The molecule has 19 heavy (non-hydrogen) atoms. The fraction of sp³-hybridized carbons (Fsp3) is 0.647. The van der Waals surface area contributed by atoms with Crippen molar-refractivity contribution in [2.45, 2.75) is 44.4 Å². The Morgan fingerprint density at radius 3 is 2.89 bits per heavy atom. The van der Waals surface area contributed by atoms with Crippen LogP contribution in [0.5, 0.6) is 5.75 Å². The van der Waals surface area contributed by atoms with Crippen LogP contribution in [0, 0.1) is 5.92 Å². The van der Waals surface area contributed by atoms with Crippen molar-refractivity contribution in [3.8, 4) is 5.75 Å². The van der Waals surface area contributed by atoms with E-state index in [1.807, 2.05) is 12.1 Å². The molecule has 1 aromatic rings. The summed E-state index contributed by atoms with van der Waals surface area (Å²) in [7, 11) is 0. The Balaban J connectivity index is 1.79. The first-order chi connectivity index (χ1) is 9.22. The highest BCUT2D eigenvalue weighted by atomic mass is 16.3. The zero-order chi connectivity index (χ0) is 13.3. The molecule has 1 aromatic carbocycles. The van der Waals surface area contributed by atoms with Crippen molar-refractivity contribution in [3.63, 3.8) is 0 Å². The van der Waals surface area contributed by atoms with Crippen LogP contribution in [0.1, 0.15) is 44.6 Å². The third-order valence-corrected chi connectivity index (χ3v) is 4.83. The van der Waals surface area contributed by atoms with E-state index in [1.165, 1.54) is 57.3 Å². The predicted octanol–water partition coefficient (Wildman–Crippen LogP) is 3.55. The van der Waals surface area contributed by atoms with E-state index in [4.69, 9.17) is 0 Å². The summed E-state index contributed by atoms with van der Waals surface area (Å²) in [5.74, 6) is 1.38. The maximum absolute atomic E-state index is 9.76. The third kappa shape index (κ3) is 2.79. The number of benzene rings is 1. The van der Waals surface area contributed by atoms with E-state index >= 15 is 0 Å². The number of hydrogen-bond acceptors (Lipinski definition) is 2. The number of likely N-dealkylation sites (tertiary alicyclic amines) is 1. The summed E-state index contributed by atoms with van der Waals surface area (Å²) in [5.41, 5.74) is 1.62. The summed E-state index contributed by atoms with van der Waals surface area (Å²) in [6.45, 7) is 5.98. The molecule has 2 aliphatic rings. The molecular weight excluding hydrogens is 234 g/mol. The third-order valence-electron chi connectivity index (χ3n) is 4.83. The van der Waals surface area contributed by atoms with Crippen molar-refractivity contribution >= 4 is 0 Å². The number of phenolic OH excluding ortho intramolecular Hbond substituents is 1. The van der Waals surface area contributed by atoms with Crippen molar-refractivity contribution in [1.29, 1.82) is 0 Å². The zero-order valence-corrected chi connectivity index (χ0v) is 11.9. The van der Waals surface area contributed by atoms with Gasteiger partial charge in [-0.3, -0.25) is 0 Å². The molecule has 0 spiro atoms. The minimum absolute atomic E-state index is 0.280. The molecule has 0 bridgehead atoms. The van der Waals surface area contributed by atoms with Gasteiger partial charge in [-0.25, -0.2) is 0 Å². The standard InChI is InChI=1S/C17H25NO/c1-2-8-17(15-4-3-5-16(19)11-15)9-10-18(13-17)12-14-6-7-14/h3-5,11,14,19H,2,6-10,12-13H2,1H3/t17-/m0/s1. The van der Waals surface area contributed by atoms with Gasteiger partial charge in [-0.15, -0.1) is 0 Å². The van der Waals surface area contributed by atoms with Crippen molar-refractivity contribution < 1.29 is 5.11 Å².